The van der Waals surface area contributed by atoms with E-state index in [4.69, 9.17) is 5.73 Å². The van der Waals surface area contributed by atoms with E-state index in [1.807, 2.05) is 12.3 Å². The Labute approximate surface area is 102 Å². The van der Waals surface area contributed by atoms with Crippen molar-refractivity contribution >= 4 is 0 Å². The zero-order chi connectivity index (χ0) is 11.7. The molecule has 1 heterocycles. The van der Waals surface area contributed by atoms with Crippen molar-refractivity contribution < 1.29 is 0 Å². The van der Waals surface area contributed by atoms with Crippen LogP contribution in [0, 0.1) is 0 Å². The summed E-state index contributed by atoms with van der Waals surface area (Å²) in [5.74, 6) is 0. The van der Waals surface area contributed by atoms with Crippen molar-refractivity contribution in [2.45, 2.75) is 24.7 Å². The Hall–Kier alpha value is -1.54. The van der Waals surface area contributed by atoms with Crippen LogP contribution in [0.5, 0.6) is 0 Å². The highest BCUT2D eigenvalue weighted by molar-refractivity contribution is 5.36. The van der Waals surface area contributed by atoms with Gasteiger partial charge in [-0.05, 0) is 36.1 Å². The molecule has 88 valence electrons. The van der Waals surface area contributed by atoms with Crippen molar-refractivity contribution in [2.75, 3.05) is 6.54 Å². The van der Waals surface area contributed by atoms with Crippen molar-refractivity contribution in [3.8, 4) is 0 Å². The lowest BCUT2D eigenvalue weighted by atomic mass is 9.93. The molecule has 0 aliphatic heterocycles. The Balaban J connectivity index is 1.84. The predicted octanol–water partition coefficient (Wildman–Crippen LogP) is 2.60. The van der Waals surface area contributed by atoms with E-state index < -0.39 is 0 Å². The molecule has 2 aromatic rings. The molecule has 1 fully saturated rings. The van der Waals surface area contributed by atoms with Gasteiger partial charge in [0.25, 0.3) is 0 Å². The SMILES string of the molecule is NCC1(c2cccc(Cc3ccc[nH]3)c2)CC1. The molecule has 0 radical (unpaired) electrons. The summed E-state index contributed by atoms with van der Waals surface area (Å²) in [4.78, 5) is 3.25. The fourth-order valence-corrected chi connectivity index (χ4v) is 2.47. The van der Waals surface area contributed by atoms with Gasteiger partial charge in [-0.1, -0.05) is 24.3 Å². The smallest absolute Gasteiger partial charge is 0.0191 e. The van der Waals surface area contributed by atoms with Gasteiger partial charge in [-0.3, -0.25) is 0 Å². The normalized spacial score (nSPS) is 17.0. The largest absolute Gasteiger partial charge is 0.365 e. The average molecular weight is 226 g/mol. The summed E-state index contributed by atoms with van der Waals surface area (Å²) in [5.41, 5.74) is 10.2. The van der Waals surface area contributed by atoms with Gasteiger partial charge in [-0.2, -0.15) is 0 Å². The Bertz CT molecular complexity index is 495. The first-order chi connectivity index (χ1) is 8.32. The summed E-state index contributed by atoms with van der Waals surface area (Å²) >= 11 is 0. The number of aromatic nitrogens is 1. The van der Waals surface area contributed by atoms with Crippen LogP contribution >= 0.6 is 0 Å². The summed E-state index contributed by atoms with van der Waals surface area (Å²) in [5, 5.41) is 0. The number of nitrogens with two attached hydrogens (primary N) is 1. The molecule has 1 saturated carbocycles. The molecule has 1 aliphatic carbocycles. The van der Waals surface area contributed by atoms with E-state index in [-0.39, 0.29) is 0 Å². The summed E-state index contributed by atoms with van der Waals surface area (Å²) < 4.78 is 0. The third-order valence-corrected chi connectivity index (χ3v) is 3.84. The second-order valence-corrected chi connectivity index (χ2v) is 5.06. The molecule has 0 unspecified atom stereocenters. The van der Waals surface area contributed by atoms with Crippen LogP contribution in [0.25, 0.3) is 0 Å². The summed E-state index contributed by atoms with van der Waals surface area (Å²) in [6, 6.07) is 13.1. The highest BCUT2D eigenvalue weighted by Gasteiger charge is 2.42. The molecular formula is C15H18N2. The van der Waals surface area contributed by atoms with Gasteiger partial charge in [0.2, 0.25) is 0 Å². The number of nitrogens with one attached hydrogen (secondary N) is 1. The Kier molecular flexibility index (Phi) is 2.52. The van der Waals surface area contributed by atoms with Crippen molar-refractivity contribution in [3.63, 3.8) is 0 Å². The van der Waals surface area contributed by atoms with Crippen molar-refractivity contribution in [1.29, 1.82) is 0 Å². The van der Waals surface area contributed by atoms with Crippen LogP contribution < -0.4 is 5.73 Å². The zero-order valence-corrected chi connectivity index (χ0v) is 9.95. The molecule has 1 aliphatic rings. The highest BCUT2D eigenvalue weighted by Crippen LogP contribution is 2.47. The Morgan fingerprint density at radius 1 is 1.18 bits per heavy atom. The number of benzene rings is 1. The number of H-pyrrole nitrogens is 1. The monoisotopic (exact) mass is 226 g/mol. The van der Waals surface area contributed by atoms with Crippen LogP contribution in [0.1, 0.15) is 29.7 Å². The number of aromatic amines is 1. The van der Waals surface area contributed by atoms with Gasteiger partial charge in [0.05, 0.1) is 0 Å². The van der Waals surface area contributed by atoms with Crippen LogP contribution in [0.4, 0.5) is 0 Å². The van der Waals surface area contributed by atoms with E-state index in [1.54, 1.807) is 0 Å². The molecule has 0 spiro atoms. The zero-order valence-electron chi connectivity index (χ0n) is 9.95. The average Bonchev–Trinajstić information content (AvgIpc) is 3.02. The van der Waals surface area contributed by atoms with Crippen molar-refractivity contribution in [3.05, 3.63) is 59.4 Å². The van der Waals surface area contributed by atoms with Gasteiger partial charge in [0.15, 0.2) is 0 Å². The highest BCUT2D eigenvalue weighted by atomic mass is 14.7. The molecule has 1 aromatic heterocycles. The third kappa shape index (κ3) is 2.01. The first-order valence-corrected chi connectivity index (χ1v) is 6.24. The maximum Gasteiger partial charge on any atom is 0.0191 e. The minimum Gasteiger partial charge on any atom is -0.365 e. The fourth-order valence-electron chi connectivity index (χ4n) is 2.47. The first kappa shape index (κ1) is 10.6. The molecule has 3 rings (SSSR count). The molecule has 2 heteroatoms. The quantitative estimate of drug-likeness (QED) is 0.826. The first-order valence-electron chi connectivity index (χ1n) is 6.24. The third-order valence-electron chi connectivity index (χ3n) is 3.84. The van der Waals surface area contributed by atoms with E-state index in [0.717, 1.165) is 13.0 Å². The van der Waals surface area contributed by atoms with Gasteiger partial charge in [-0.25, -0.2) is 0 Å². The lowest BCUT2D eigenvalue weighted by Gasteiger charge is -2.13. The van der Waals surface area contributed by atoms with Crippen LogP contribution in [0.3, 0.4) is 0 Å². The van der Waals surface area contributed by atoms with Gasteiger partial charge < -0.3 is 10.7 Å². The fraction of sp³-hybridized carbons (Fsp3) is 0.333. The Morgan fingerprint density at radius 3 is 2.71 bits per heavy atom. The molecule has 17 heavy (non-hydrogen) atoms. The molecule has 0 atom stereocenters. The standard InChI is InChI=1S/C15H18N2/c16-11-15(6-7-15)13-4-1-3-12(9-13)10-14-5-2-8-17-14/h1-5,8-9,17H,6-7,10-11,16H2. The minimum absolute atomic E-state index is 0.297. The topological polar surface area (TPSA) is 41.8 Å². The molecular weight excluding hydrogens is 208 g/mol. The lowest BCUT2D eigenvalue weighted by Crippen LogP contribution is -2.19. The maximum absolute atomic E-state index is 5.88. The second kappa shape index (κ2) is 4.04. The van der Waals surface area contributed by atoms with E-state index >= 15 is 0 Å². The van der Waals surface area contributed by atoms with E-state index in [1.165, 1.54) is 29.7 Å². The van der Waals surface area contributed by atoms with Crippen LogP contribution in [0.15, 0.2) is 42.6 Å². The van der Waals surface area contributed by atoms with Crippen LogP contribution in [-0.4, -0.2) is 11.5 Å². The Morgan fingerprint density at radius 2 is 2.06 bits per heavy atom. The molecule has 0 bridgehead atoms. The molecule has 0 amide bonds. The molecule has 1 aromatic carbocycles. The van der Waals surface area contributed by atoms with Gasteiger partial charge in [0, 0.05) is 30.3 Å². The van der Waals surface area contributed by atoms with E-state index in [0.29, 0.717) is 5.41 Å². The van der Waals surface area contributed by atoms with Gasteiger partial charge >= 0.3 is 0 Å². The molecule has 2 nitrogen and oxygen atoms in total. The van der Waals surface area contributed by atoms with E-state index in [9.17, 15) is 0 Å². The number of hydrogen-bond donors (Lipinski definition) is 2. The molecule has 0 saturated heterocycles. The summed E-state index contributed by atoms with van der Waals surface area (Å²) in [6.45, 7) is 0.777. The number of rotatable bonds is 4. The van der Waals surface area contributed by atoms with Crippen molar-refractivity contribution in [1.82, 2.24) is 4.98 Å². The van der Waals surface area contributed by atoms with Crippen LogP contribution in [-0.2, 0) is 11.8 Å². The van der Waals surface area contributed by atoms with Crippen LogP contribution in [0.2, 0.25) is 0 Å². The van der Waals surface area contributed by atoms with Crippen molar-refractivity contribution in [2.24, 2.45) is 5.73 Å². The summed E-state index contributed by atoms with van der Waals surface area (Å²) in [6.07, 6.45) is 5.44. The number of hydrogen-bond acceptors (Lipinski definition) is 1. The minimum atomic E-state index is 0.297. The van der Waals surface area contributed by atoms with Gasteiger partial charge in [-0.15, -0.1) is 0 Å². The molecule has 3 N–H and O–H groups in total. The second-order valence-electron chi connectivity index (χ2n) is 5.06. The maximum atomic E-state index is 5.88. The van der Waals surface area contributed by atoms with E-state index in [2.05, 4.69) is 35.3 Å². The predicted molar refractivity (Wildman–Crippen MR) is 70.0 cm³/mol. The lowest BCUT2D eigenvalue weighted by molar-refractivity contribution is 0.703. The summed E-state index contributed by atoms with van der Waals surface area (Å²) in [7, 11) is 0. The van der Waals surface area contributed by atoms with Gasteiger partial charge in [0.1, 0.15) is 0 Å².